The van der Waals surface area contributed by atoms with Crippen LogP contribution in [0.5, 0.6) is 0 Å². The number of nitrogens with zero attached hydrogens (tertiary/aromatic N) is 2. The van der Waals surface area contributed by atoms with Crippen LogP contribution in [0.25, 0.3) is 0 Å². The van der Waals surface area contributed by atoms with Crippen LogP contribution in [0.4, 0.5) is 0 Å². The Morgan fingerprint density at radius 1 is 1.56 bits per heavy atom. The van der Waals surface area contributed by atoms with Crippen LogP contribution >= 0.6 is 34.5 Å². The van der Waals surface area contributed by atoms with Gasteiger partial charge in [0.2, 0.25) is 0 Å². The van der Waals surface area contributed by atoms with Gasteiger partial charge in [0.25, 0.3) is 0 Å². The number of hydrogen-bond donors (Lipinski definition) is 2. The van der Waals surface area contributed by atoms with Crippen molar-refractivity contribution in [2.45, 2.75) is 25.9 Å². The molecule has 2 heterocycles. The Balaban J connectivity index is 2.29. The van der Waals surface area contributed by atoms with Crippen LogP contribution in [0.1, 0.15) is 30.5 Å². The number of nitrogens with one attached hydrogen (secondary N) is 1. The maximum absolute atomic E-state index is 6.15. The maximum atomic E-state index is 6.15. The molecule has 18 heavy (non-hydrogen) atoms. The van der Waals surface area contributed by atoms with E-state index >= 15 is 0 Å². The maximum Gasteiger partial charge on any atom is 0.0995 e. The van der Waals surface area contributed by atoms with Gasteiger partial charge in [-0.1, -0.05) is 30.1 Å². The molecule has 0 aliphatic heterocycles. The summed E-state index contributed by atoms with van der Waals surface area (Å²) in [4.78, 5) is 0. The summed E-state index contributed by atoms with van der Waals surface area (Å²) in [5.74, 6) is 5.61. The quantitative estimate of drug-likeness (QED) is 0.659. The summed E-state index contributed by atoms with van der Waals surface area (Å²) in [5, 5.41) is 4.29. The van der Waals surface area contributed by atoms with E-state index in [0.29, 0.717) is 8.67 Å². The third kappa shape index (κ3) is 2.87. The van der Waals surface area contributed by atoms with Crippen LogP contribution in [0, 0.1) is 0 Å². The van der Waals surface area contributed by atoms with Crippen molar-refractivity contribution in [1.29, 1.82) is 0 Å². The van der Waals surface area contributed by atoms with Gasteiger partial charge in [-0.05, 0) is 12.5 Å². The lowest BCUT2D eigenvalue weighted by molar-refractivity contribution is 0.598. The highest BCUT2D eigenvalue weighted by Crippen LogP contribution is 2.36. The van der Waals surface area contributed by atoms with Crippen molar-refractivity contribution in [3.8, 4) is 0 Å². The van der Waals surface area contributed by atoms with Crippen LogP contribution < -0.4 is 11.3 Å². The zero-order chi connectivity index (χ0) is 13.1. The van der Waals surface area contributed by atoms with E-state index in [1.54, 1.807) is 6.20 Å². The molecule has 0 amide bonds. The van der Waals surface area contributed by atoms with Gasteiger partial charge in [0.15, 0.2) is 0 Å². The van der Waals surface area contributed by atoms with Crippen LogP contribution in [-0.4, -0.2) is 9.78 Å². The molecule has 0 bridgehead atoms. The van der Waals surface area contributed by atoms with Crippen molar-refractivity contribution in [2.75, 3.05) is 0 Å². The Labute approximate surface area is 120 Å². The SMILES string of the molecule is CCCn1cc(C(NN)c2cc(Cl)sc2Cl)cn1. The van der Waals surface area contributed by atoms with E-state index in [9.17, 15) is 0 Å². The first-order valence-electron chi connectivity index (χ1n) is 5.59. The van der Waals surface area contributed by atoms with Gasteiger partial charge in [-0.3, -0.25) is 10.5 Å². The molecule has 1 atom stereocenters. The molecule has 0 aliphatic carbocycles. The number of hydrazine groups is 1. The first kappa shape index (κ1) is 13.8. The molecule has 2 rings (SSSR count). The normalized spacial score (nSPS) is 12.9. The molecular weight excluding hydrogens is 291 g/mol. The molecule has 0 radical (unpaired) electrons. The first-order chi connectivity index (χ1) is 8.65. The van der Waals surface area contributed by atoms with Gasteiger partial charge in [-0.15, -0.1) is 11.3 Å². The van der Waals surface area contributed by atoms with Crippen molar-refractivity contribution in [3.05, 3.63) is 38.3 Å². The van der Waals surface area contributed by atoms with E-state index < -0.39 is 0 Å². The molecule has 2 aromatic heterocycles. The summed E-state index contributed by atoms with van der Waals surface area (Å²) in [6.45, 7) is 2.99. The second kappa shape index (κ2) is 6.04. The molecule has 0 spiro atoms. The van der Waals surface area contributed by atoms with Crippen LogP contribution in [0.3, 0.4) is 0 Å². The minimum Gasteiger partial charge on any atom is -0.272 e. The second-order valence-corrected chi connectivity index (χ2v) is 6.20. The standard InChI is InChI=1S/C11H14Cl2N4S/c1-2-3-17-6-7(5-15-17)10(16-14)8-4-9(12)18-11(8)13/h4-6,10,16H,2-3,14H2,1H3. The van der Waals surface area contributed by atoms with Gasteiger partial charge in [-0.2, -0.15) is 5.10 Å². The highest BCUT2D eigenvalue weighted by molar-refractivity contribution is 7.20. The third-order valence-electron chi connectivity index (χ3n) is 2.60. The number of nitrogens with two attached hydrogens (primary N) is 1. The number of hydrogen-bond acceptors (Lipinski definition) is 4. The van der Waals surface area contributed by atoms with E-state index in [4.69, 9.17) is 29.0 Å². The van der Waals surface area contributed by atoms with Crippen LogP contribution in [-0.2, 0) is 6.54 Å². The van der Waals surface area contributed by atoms with Gasteiger partial charge >= 0.3 is 0 Å². The second-order valence-electron chi connectivity index (χ2n) is 3.92. The molecule has 0 fully saturated rings. The monoisotopic (exact) mass is 304 g/mol. The van der Waals surface area contributed by atoms with Gasteiger partial charge in [0.1, 0.15) is 0 Å². The van der Waals surface area contributed by atoms with Gasteiger partial charge in [0.05, 0.1) is 20.9 Å². The zero-order valence-corrected chi connectivity index (χ0v) is 12.2. The lowest BCUT2D eigenvalue weighted by Gasteiger charge is -2.13. The molecule has 2 aromatic rings. The van der Waals surface area contributed by atoms with Crippen molar-refractivity contribution in [2.24, 2.45) is 5.84 Å². The smallest absolute Gasteiger partial charge is 0.0995 e. The lowest BCUT2D eigenvalue weighted by Crippen LogP contribution is -2.28. The molecule has 0 saturated heterocycles. The number of aromatic nitrogens is 2. The largest absolute Gasteiger partial charge is 0.272 e. The average molecular weight is 305 g/mol. The van der Waals surface area contributed by atoms with E-state index in [2.05, 4.69) is 17.4 Å². The Morgan fingerprint density at radius 2 is 2.33 bits per heavy atom. The summed E-state index contributed by atoms with van der Waals surface area (Å²) >= 11 is 13.4. The number of aryl methyl sites for hydroxylation is 1. The molecule has 7 heteroatoms. The molecule has 98 valence electrons. The Hall–Kier alpha value is -0.590. The van der Waals surface area contributed by atoms with Crippen molar-refractivity contribution in [3.63, 3.8) is 0 Å². The fourth-order valence-corrected chi connectivity index (χ4v) is 3.33. The van der Waals surface area contributed by atoms with Crippen molar-refractivity contribution in [1.82, 2.24) is 15.2 Å². The molecular formula is C11H14Cl2N4S. The molecule has 4 nitrogen and oxygen atoms in total. The fourth-order valence-electron chi connectivity index (χ4n) is 1.80. The topological polar surface area (TPSA) is 55.9 Å². The number of halogens is 2. The minimum absolute atomic E-state index is 0.188. The first-order valence-corrected chi connectivity index (χ1v) is 7.16. The Morgan fingerprint density at radius 3 is 2.89 bits per heavy atom. The summed E-state index contributed by atoms with van der Waals surface area (Å²) in [6, 6.07) is 1.64. The van der Waals surface area contributed by atoms with Gasteiger partial charge < -0.3 is 0 Å². The van der Waals surface area contributed by atoms with E-state index in [0.717, 1.165) is 24.1 Å². The highest BCUT2D eigenvalue weighted by Gasteiger charge is 2.19. The van der Waals surface area contributed by atoms with Gasteiger partial charge in [0, 0.05) is 23.9 Å². The molecule has 0 aliphatic rings. The van der Waals surface area contributed by atoms with Crippen LogP contribution in [0.2, 0.25) is 8.67 Å². The van der Waals surface area contributed by atoms with Crippen molar-refractivity contribution >= 4 is 34.5 Å². The molecule has 3 N–H and O–H groups in total. The molecule has 1 unspecified atom stereocenters. The number of thiophene rings is 1. The Bertz CT molecular complexity index is 523. The van der Waals surface area contributed by atoms with Gasteiger partial charge in [-0.25, -0.2) is 5.43 Å². The van der Waals surface area contributed by atoms with E-state index in [1.807, 2.05) is 16.9 Å². The van der Waals surface area contributed by atoms with E-state index in [1.165, 1.54) is 11.3 Å². The van der Waals surface area contributed by atoms with E-state index in [-0.39, 0.29) is 6.04 Å². The summed E-state index contributed by atoms with van der Waals surface area (Å²) < 4.78 is 3.18. The fraction of sp³-hybridized carbons (Fsp3) is 0.364. The Kier molecular flexibility index (Phi) is 4.64. The van der Waals surface area contributed by atoms with Crippen LogP contribution in [0.15, 0.2) is 18.5 Å². The predicted molar refractivity (Wildman–Crippen MR) is 76.0 cm³/mol. The minimum atomic E-state index is -0.188. The molecule has 0 aromatic carbocycles. The third-order valence-corrected chi connectivity index (χ3v) is 4.12. The van der Waals surface area contributed by atoms with Crippen molar-refractivity contribution < 1.29 is 0 Å². The summed E-state index contributed by atoms with van der Waals surface area (Å²) in [6.07, 6.45) is 4.80. The highest BCUT2D eigenvalue weighted by atomic mass is 35.5. The number of rotatable bonds is 5. The summed E-state index contributed by atoms with van der Waals surface area (Å²) in [7, 11) is 0. The molecule has 0 saturated carbocycles. The average Bonchev–Trinajstić information content (AvgIpc) is 2.89. The predicted octanol–water partition coefficient (Wildman–Crippen LogP) is 3.21. The summed E-state index contributed by atoms with van der Waals surface area (Å²) in [5.41, 5.74) is 4.61. The zero-order valence-electron chi connectivity index (χ0n) is 9.86. The lowest BCUT2D eigenvalue weighted by atomic mass is 10.1.